The first-order chi connectivity index (χ1) is 6.74. The molecule has 80 valence electrons. The van der Waals surface area contributed by atoms with Gasteiger partial charge in [-0.2, -0.15) is 0 Å². The maximum absolute atomic E-state index is 10.4. The highest BCUT2D eigenvalue weighted by atomic mass is 16.5. The maximum atomic E-state index is 10.4. The zero-order chi connectivity index (χ0) is 10.0. The van der Waals surface area contributed by atoms with Gasteiger partial charge in [0.15, 0.2) is 0 Å². The molecule has 1 fully saturated rings. The predicted molar refractivity (Wildman–Crippen MR) is 52.9 cm³/mol. The minimum atomic E-state index is -0.755. The fourth-order valence-corrected chi connectivity index (χ4v) is 2.16. The summed E-state index contributed by atoms with van der Waals surface area (Å²) >= 11 is 0. The van der Waals surface area contributed by atoms with Crippen LogP contribution in [0.1, 0.15) is 32.6 Å². The van der Waals surface area contributed by atoms with Crippen LogP contribution in [0.5, 0.6) is 0 Å². The Labute approximate surface area is 84.7 Å². The second-order valence-corrected chi connectivity index (χ2v) is 4.09. The number of hydrogen-bond donors (Lipinski definition) is 1. The van der Waals surface area contributed by atoms with E-state index in [0.717, 1.165) is 25.2 Å². The van der Waals surface area contributed by atoms with Crippen LogP contribution in [-0.2, 0) is 9.47 Å². The fourth-order valence-electron chi connectivity index (χ4n) is 2.16. The zero-order valence-corrected chi connectivity index (χ0v) is 8.66. The first kappa shape index (κ1) is 9.99. The van der Waals surface area contributed by atoms with Gasteiger partial charge >= 0.3 is 0 Å². The second-order valence-electron chi connectivity index (χ2n) is 4.09. The monoisotopic (exact) mass is 198 g/mol. The molecule has 0 aromatic heterocycles. The summed E-state index contributed by atoms with van der Waals surface area (Å²) in [7, 11) is 0. The lowest BCUT2D eigenvalue weighted by atomic mass is 9.87. The normalized spacial score (nSPS) is 37.9. The largest absolute Gasteiger partial charge is 0.495 e. The molecule has 2 rings (SSSR count). The summed E-state index contributed by atoms with van der Waals surface area (Å²) in [5, 5.41) is 10.4. The molecule has 0 aliphatic carbocycles. The molecule has 0 radical (unpaired) electrons. The Balaban J connectivity index is 2.06. The van der Waals surface area contributed by atoms with Gasteiger partial charge < -0.3 is 14.6 Å². The van der Waals surface area contributed by atoms with Crippen LogP contribution >= 0.6 is 0 Å². The summed E-state index contributed by atoms with van der Waals surface area (Å²) in [5.41, 5.74) is -0.755. The van der Waals surface area contributed by atoms with Gasteiger partial charge in [-0.3, -0.25) is 0 Å². The van der Waals surface area contributed by atoms with Crippen molar-refractivity contribution >= 4 is 0 Å². The van der Waals surface area contributed by atoms with Crippen molar-refractivity contribution in [1.82, 2.24) is 0 Å². The van der Waals surface area contributed by atoms with Crippen molar-refractivity contribution < 1.29 is 14.6 Å². The predicted octanol–water partition coefficient (Wildman–Crippen LogP) is 1.61. The van der Waals surface area contributed by atoms with Crippen LogP contribution in [0.25, 0.3) is 0 Å². The first-order valence-electron chi connectivity index (χ1n) is 5.42. The van der Waals surface area contributed by atoms with E-state index in [0.29, 0.717) is 19.4 Å². The molecule has 0 saturated carbocycles. The Hall–Kier alpha value is -0.540. The molecule has 14 heavy (non-hydrogen) atoms. The van der Waals surface area contributed by atoms with E-state index in [9.17, 15) is 5.11 Å². The van der Waals surface area contributed by atoms with Crippen LogP contribution in [0.4, 0.5) is 0 Å². The molecule has 1 saturated heterocycles. The van der Waals surface area contributed by atoms with Gasteiger partial charge in [0.2, 0.25) is 0 Å². The lowest BCUT2D eigenvalue weighted by Gasteiger charge is -2.36. The molecular formula is C11H18O3. The van der Waals surface area contributed by atoms with Crippen molar-refractivity contribution in [3.05, 3.63) is 11.8 Å². The van der Waals surface area contributed by atoms with Gasteiger partial charge in [0.25, 0.3) is 0 Å². The van der Waals surface area contributed by atoms with Crippen molar-refractivity contribution in [3.8, 4) is 0 Å². The summed E-state index contributed by atoms with van der Waals surface area (Å²) in [6, 6.07) is 0. The highest BCUT2D eigenvalue weighted by molar-refractivity contribution is 5.14. The summed E-state index contributed by atoms with van der Waals surface area (Å²) < 4.78 is 11.0. The third-order valence-corrected chi connectivity index (χ3v) is 3.05. The van der Waals surface area contributed by atoms with E-state index in [1.54, 1.807) is 0 Å². The third-order valence-electron chi connectivity index (χ3n) is 3.05. The van der Waals surface area contributed by atoms with Crippen LogP contribution < -0.4 is 0 Å². The molecular weight excluding hydrogens is 180 g/mol. The molecule has 2 unspecified atom stereocenters. The Kier molecular flexibility index (Phi) is 2.79. The SMILES string of the molecule is CCC1CC(O)(C2=CCCO2)CCO1. The highest BCUT2D eigenvalue weighted by Crippen LogP contribution is 2.35. The quantitative estimate of drug-likeness (QED) is 0.732. The van der Waals surface area contributed by atoms with Crippen molar-refractivity contribution in [1.29, 1.82) is 0 Å². The molecule has 0 aromatic rings. The minimum absolute atomic E-state index is 0.179. The van der Waals surface area contributed by atoms with Crippen LogP contribution in [0.3, 0.4) is 0 Å². The van der Waals surface area contributed by atoms with Crippen molar-refractivity contribution in [2.24, 2.45) is 0 Å². The van der Waals surface area contributed by atoms with Gasteiger partial charge in [-0.05, 0) is 12.5 Å². The molecule has 2 aliphatic rings. The Morgan fingerprint density at radius 3 is 3.07 bits per heavy atom. The van der Waals surface area contributed by atoms with Gasteiger partial charge in [-0.1, -0.05) is 6.92 Å². The zero-order valence-electron chi connectivity index (χ0n) is 8.66. The summed E-state index contributed by atoms with van der Waals surface area (Å²) in [5.74, 6) is 0.777. The smallest absolute Gasteiger partial charge is 0.126 e. The Morgan fingerprint density at radius 2 is 2.43 bits per heavy atom. The fraction of sp³-hybridized carbons (Fsp3) is 0.818. The molecule has 0 aromatic carbocycles. The van der Waals surface area contributed by atoms with E-state index >= 15 is 0 Å². The average molecular weight is 198 g/mol. The summed E-state index contributed by atoms with van der Waals surface area (Å²) in [4.78, 5) is 0. The van der Waals surface area contributed by atoms with Gasteiger partial charge in [-0.25, -0.2) is 0 Å². The molecule has 1 N–H and O–H groups in total. The minimum Gasteiger partial charge on any atom is -0.495 e. The number of ether oxygens (including phenoxy) is 2. The molecule has 3 heteroatoms. The Morgan fingerprint density at radius 1 is 1.57 bits per heavy atom. The third kappa shape index (κ3) is 1.79. The van der Waals surface area contributed by atoms with Crippen LogP contribution in [-0.4, -0.2) is 30.0 Å². The molecule has 3 nitrogen and oxygen atoms in total. The van der Waals surface area contributed by atoms with Crippen LogP contribution in [0.15, 0.2) is 11.8 Å². The van der Waals surface area contributed by atoms with E-state index in [1.807, 2.05) is 6.08 Å². The first-order valence-corrected chi connectivity index (χ1v) is 5.42. The lowest BCUT2D eigenvalue weighted by Crippen LogP contribution is -2.42. The van der Waals surface area contributed by atoms with Crippen molar-refractivity contribution in [2.45, 2.75) is 44.3 Å². The molecule has 0 spiro atoms. The standard InChI is InChI=1S/C11H18O3/c1-2-9-8-11(12,5-7-13-9)10-4-3-6-14-10/h4,9,12H,2-3,5-8H2,1H3. The van der Waals surface area contributed by atoms with E-state index in [4.69, 9.17) is 9.47 Å². The van der Waals surface area contributed by atoms with E-state index < -0.39 is 5.60 Å². The van der Waals surface area contributed by atoms with E-state index in [2.05, 4.69) is 6.92 Å². The van der Waals surface area contributed by atoms with E-state index in [-0.39, 0.29) is 6.10 Å². The van der Waals surface area contributed by atoms with Crippen LogP contribution in [0, 0.1) is 0 Å². The number of aliphatic hydroxyl groups is 1. The molecule has 2 atom stereocenters. The maximum Gasteiger partial charge on any atom is 0.126 e. The van der Waals surface area contributed by atoms with Gasteiger partial charge in [0, 0.05) is 19.3 Å². The number of hydrogen-bond acceptors (Lipinski definition) is 3. The van der Waals surface area contributed by atoms with Crippen molar-refractivity contribution in [2.75, 3.05) is 13.2 Å². The molecule has 2 aliphatic heterocycles. The molecule has 2 heterocycles. The summed E-state index contributed by atoms with van der Waals surface area (Å²) in [6.45, 7) is 3.44. The average Bonchev–Trinajstić information content (AvgIpc) is 2.71. The van der Waals surface area contributed by atoms with Gasteiger partial charge in [-0.15, -0.1) is 0 Å². The second kappa shape index (κ2) is 3.91. The van der Waals surface area contributed by atoms with Gasteiger partial charge in [0.05, 0.1) is 19.3 Å². The molecule has 0 amide bonds. The molecule has 0 bridgehead atoms. The number of rotatable bonds is 2. The summed E-state index contributed by atoms with van der Waals surface area (Å²) in [6.07, 6.45) is 5.41. The lowest BCUT2D eigenvalue weighted by molar-refractivity contribution is -0.104. The van der Waals surface area contributed by atoms with Gasteiger partial charge in [0.1, 0.15) is 11.4 Å². The van der Waals surface area contributed by atoms with Crippen LogP contribution in [0.2, 0.25) is 0 Å². The van der Waals surface area contributed by atoms with E-state index in [1.165, 1.54) is 0 Å². The van der Waals surface area contributed by atoms with Crippen molar-refractivity contribution in [3.63, 3.8) is 0 Å². The topological polar surface area (TPSA) is 38.7 Å². The highest BCUT2D eigenvalue weighted by Gasteiger charge is 2.39. The Bertz CT molecular complexity index is 237.